The fourth-order valence-corrected chi connectivity index (χ4v) is 8.78. The first kappa shape index (κ1) is 38.3. The maximum absolute atomic E-state index is 3.16. The van der Waals surface area contributed by atoms with Gasteiger partial charge in [0.25, 0.3) is 0 Å². The normalized spacial score (nSPS) is 11.0. The molecule has 0 bridgehead atoms. The Morgan fingerprint density at radius 1 is 0.219 bits per heavy atom. The summed E-state index contributed by atoms with van der Waals surface area (Å²) in [4.78, 5) is 4.59. The lowest BCUT2D eigenvalue weighted by Gasteiger charge is -2.26. The lowest BCUT2D eigenvalue weighted by atomic mass is 9.98. The van der Waals surface area contributed by atoms with Gasteiger partial charge >= 0.3 is 0 Å². The number of hydrogen-bond acceptors (Lipinski definition) is 2. The Morgan fingerprint density at radius 3 is 1.00 bits per heavy atom. The molecular formula is C62H42N2. The molecule has 0 spiro atoms. The van der Waals surface area contributed by atoms with E-state index >= 15 is 0 Å². The molecule has 0 aromatic heterocycles. The topological polar surface area (TPSA) is 6.48 Å². The molecule has 0 aliphatic carbocycles. The van der Waals surface area contributed by atoms with Crippen LogP contribution >= 0.6 is 0 Å². The van der Waals surface area contributed by atoms with Crippen LogP contribution in [0.2, 0.25) is 0 Å². The highest BCUT2D eigenvalue weighted by Crippen LogP contribution is 2.39. The van der Waals surface area contributed by atoms with Crippen molar-refractivity contribution in [1.29, 1.82) is 0 Å². The maximum atomic E-state index is 3.16. The van der Waals surface area contributed by atoms with Crippen molar-refractivity contribution in [3.63, 3.8) is 0 Å². The molecule has 0 fully saturated rings. The molecule has 0 unspecified atom stereocenters. The summed E-state index contributed by atoms with van der Waals surface area (Å²) in [6, 6.07) is 97.5. The van der Waals surface area contributed by atoms with Crippen LogP contribution in [0, 0.1) is 12.1 Å². The number of para-hydroxylation sites is 1. The molecule has 11 aromatic rings. The predicted molar refractivity (Wildman–Crippen MR) is 270 cm³/mol. The third-order valence-electron chi connectivity index (χ3n) is 12.1. The standard InChI is InChI=1S/C62H42N2/c1-3-18-57(19-4-1)63(61-38-30-49(31-39-61)55-24-22-45-12-7-9-14-51(45)43-55)59-34-26-47(27-35-59)53-16-11-17-54(42-53)48-28-36-60(37-29-48)64(58-20-5-2-6-21-58)62-40-32-50(33-41-62)56-25-23-46-13-8-10-15-52(46)44-56/h1,3-5,7-44H. The van der Waals surface area contributed by atoms with E-state index in [1.54, 1.807) is 0 Å². The molecule has 0 saturated heterocycles. The van der Waals surface area contributed by atoms with E-state index in [1.807, 2.05) is 12.1 Å². The van der Waals surface area contributed by atoms with Gasteiger partial charge in [0.05, 0.1) is 5.69 Å². The molecule has 0 amide bonds. The number of benzene rings is 10. The minimum absolute atomic E-state index is 1.03. The highest BCUT2D eigenvalue weighted by molar-refractivity contribution is 5.90. The summed E-state index contributed by atoms with van der Waals surface area (Å²) < 4.78 is 0. The minimum Gasteiger partial charge on any atom is -0.311 e. The molecule has 0 aliphatic heterocycles. The van der Waals surface area contributed by atoms with Crippen molar-refractivity contribution in [3.05, 3.63) is 267 Å². The first-order chi connectivity index (χ1) is 31.7. The summed E-state index contributed by atoms with van der Waals surface area (Å²) in [6.07, 6.45) is 0. The number of hydrogen-bond donors (Lipinski definition) is 0. The van der Waals surface area contributed by atoms with Crippen LogP contribution in [0.5, 0.6) is 0 Å². The quantitative estimate of drug-likeness (QED) is 0.136. The van der Waals surface area contributed by atoms with Gasteiger partial charge in [0.15, 0.2) is 0 Å². The zero-order valence-electron chi connectivity index (χ0n) is 35.1. The van der Waals surface area contributed by atoms with Gasteiger partial charge < -0.3 is 9.80 Å². The van der Waals surface area contributed by atoms with Crippen molar-refractivity contribution >= 4 is 55.7 Å². The fourth-order valence-electron chi connectivity index (χ4n) is 8.78. The monoisotopic (exact) mass is 814 g/mol. The number of anilines is 6. The van der Waals surface area contributed by atoms with Gasteiger partial charge in [-0.05, 0) is 157 Å². The smallest absolute Gasteiger partial charge is 0.0551 e. The van der Waals surface area contributed by atoms with Crippen molar-refractivity contribution in [1.82, 2.24) is 0 Å². The minimum atomic E-state index is 1.03. The average molecular weight is 815 g/mol. The Labute approximate surface area is 375 Å². The van der Waals surface area contributed by atoms with Gasteiger partial charge in [-0.2, -0.15) is 0 Å². The molecule has 2 heteroatoms. The molecule has 2 nitrogen and oxygen atoms in total. The van der Waals surface area contributed by atoms with Gasteiger partial charge in [-0.15, -0.1) is 0 Å². The first-order valence-electron chi connectivity index (χ1n) is 21.7. The fraction of sp³-hybridized carbons (Fsp3) is 0. The van der Waals surface area contributed by atoms with Crippen molar-refractivity contribution in [3.8, 4) is 44.5 Å². The van der Waals surface area contributed by atoms with Crippen molar-refractivity contribution in [2.45, 2.75) is 0 Å². The second kappa shape index (κ2) is 17.0. The lowest BCUT2D eigenvalue weighted by Crippen LogP contribution is -2.09. The van der Waals surface area contributed by atoms with Gasteiger partial charge in [-0.1, -0.05) is 170 Å². The van der Waals surface area contributed by atoms with E-state index < -0.39 is 0 Å². The summed E-state index contributed by atoms with van der Waals surface area (Å²) in [7, 11) is 0. The van der Waals surface area contributed by atoms with Crippen LogP contribution in [0.3, 0.4) is 0 Å². The number of fused-ring (bicyclic) bond motifs is 2. The summed E-state index contributed by atoms with van der Waals surface area (Å²) in [5.41, 5.74) is 15.9. The Balaban J connectivity index is 0.849. The number of nitrogens with zero attached hydrogens (tertiary/aromatic N) is 2. The van der Waals surface area contributed by atoms with E-state index in [0.717, 1.165) is 45.3 Å². The molecule has 11 rings (SSSR count). The van der Waals surface area contributed by atoms with Gasteiger partial charge in [-0.3, -0.25) is 0 Å². The third kappa shape index (κ3) is 7.75. The Hall–Kier alpha value is -8.64. The first-order valence-corrected chi connectivity index (χ1v) is 21.7. The largest absolute Gasteiger partial charge is 0.311 e. The second-order valence-corrected chi connectivity index (χ2v) is 16.1. The van der Waals surface area contributed by atoms with Crippen LogP contribution in [-0.4, -0.2) is 0 Å². The summed E-state index contributed by atoms with van der Waals surface area (Å²) >= 11 is 0. The zero-order valence-corrected chi connectivity index (χ0v) is 35.1. The molecule has 300 valence electrons. The highest BCUT2D eigenvalue weighted by atomic mass is 15.1. The zero-order chi connectivity index (χ0) is 42.7. The SMILES string of the molecule is c1ccc(N(c2ccc(-c3cccc(-c4ccc(N(c5ccccc5)c5ccc(-c6ccc7ccccc7c6)cc5)cc4)c3)cc2)c2ccc(-c3ccc4ccccc4c3)cc2)cc#1. The molecule has 0 heterocycles. The molecule has 11 aromatic carbocycles. The highest BCUT2D eigenvalue weighted by Gasteiger charge is 2.15. The van der Waals surface area contributed by atoms with Crippen molar-refractivity contribution in [2.24, 2.45) is 0 Å². The van der Waals surface area contributed by atoms with E-state index in [4.69, 9.17) is 0 Å². The Kier molecular flexibility index (Phi) is 10.2. The van der Waals surface area contributed by atoms with Crippen LogP contribution < -0.4 is 9.80 Å². The van der Waals surface area contributed by atoms with E-state index in [0.29, 0.717) is 0 Å². The van der Waals surface area contributed by atoms with E-state index in [2.05, 4.69) is 265 Å². The Bertz CT molecular complexity index is 3120. The van der Waals surface area contributed by atoms with E-state index in [-0.39, 0.29) is 0 Å². The van der Waals surface area contributed by atoms with Gasteiger partial charge in [-0.25, -0.2) is 0 Å². The second-order valence-electron chi connectivity index (χ2n) is 16.1. The lowest BCUT2D eigenvalue weighted by molar-refractivity contribution is 1.28. The average Bonchev–Trinajstić information content (AvgIpc) is 3.38. The van der Waals surface area contributed by atoms with E-state index in [9.17, 15) is 0 Å². The van der Waals surface area contributed by atoms with Crippen LogP contribution in [0.1, 0.15) is 0 Å². The third-order valence-corrected chi connectivity index (χ3v) is 12.1. The summed E-state index contributed by atoms with van der Waals surface area (Å²) in [5, 5.41) is 4.99. The predicted octanol–water partition coefficient (Wildman–Crippen LogP) is 17.2. The van der Waals surface area contributed by atoms with Gasteiger partial charge in [0.2, 0.25) is 0 Å². The van der Waals surface area contributed by atoms with Crippen LogP contribution in [0.25, 0.3) is 66.1 Å². The molecule has 0 N–H and O–H groups in total. The van der Waals surface area contributed by atoms with Gasteiger partial charge in [0, 0.05) is 34.5 Å². The number of rotatable bonds is 10. The van der Waals surface area contributed by atoms with Crippen LogP contribution in [0.4, 0.5) is 34.1 Å². The van der Waals surface area contributed by atoms with Crippen molar-refractivity contribution in [2.75, 3.05) is 9.80 Å². The van der Waals surface area contributed by atoms with E-state index in [1.165, 1.54) is 54.9 Å². The molecule has 0 radical (unpaired) electrons. The maximum Gasteiger partial charge on any atom is 0.0551 e. The molecule has 0 atom stereocenters. The van der Waals surface area contributed by atoms with Crippen LogP contribution in [0.15, 0.2) is 255 Å². The van der Waals surface area contributed by atoms with Crippen molar-refractivity contribution < 1.29 is 0 Å². The molecule has 64 heavy (non-hydrogen) atoms. The summed E-state index contributed by atoms with van der Waals surface area (Å²) in [6.45, 7) is 0. The molecular weight excluding hydrogens is 773 g/mol. The Morgan fingerprint density at radius 2 is 0.578 bits per heavy atom. The van der Waals surface area contributed by atoms with Gasteiger partial charge in [0.1, 0.15) is 0 Å². The molecule has 0 saturated carbocycles. The van der Waals surface area contributed by atoms with Crippen LogP contribution in [-0.2, 0) is 0 Å². The summed E-state index contributed by atoms with van der Waals surface area (Å²) in [5.74, 6) is 0. The molecule has 0 aliphatic rings.